The van der Waals surface area contributed by atoms with Gasteiger partial charge in [0.2, 0.25) is 0 Å². The lowest BCUT2D eigenvalue weighted by molar-refractivity contribution is 0.285. The number of methoxy groups -OCH3 is 1. The first-order valence-electron chi connectivity index (χ1n) is 6.70. The summed E-state index contributed by atoms with van der Waals surface area (Å²) in [6, 6.07) is 13.7. The van der Waals surface area contributed by atoms with Crippen LogP contribution >= 0.6 is 0 Å². The Balaban J connectivity index is 2.11. The molecule has 1 unspecified atom stereocenters. The molecule has 0 radical (unpaired) electrons. The summed E-state index contributed by atoms with van der Waals surface area (Å²) in [5.41, 5.74) is 9.47. The fraction of sp³-hybridized carbons (Fsp3) is 0.294. The smallest absolute Gasteiger partial charge is 0.123 e. The van der Waals surface area contributed by atoms with Crippen LogP contribution in [0.4, 0.5) is 0 Å². The molecular formula is C17H21NO2. The van der Waals surface area contributed by atoms with Gasteiger partial charge in [0.15, 0.2) is 0 Å². The molecule has 0 amide bonds. The minimum Gasteiger partial charge on any atom is -0.496 e. The highest BCUT2D eigenvalue weighted by molar-refractivity contribution is 5.39. The van der Waals surface area contributed by atoms with Gasteiger partial charge in [-0.1, -0.05) is 35.9 Å². The fourth-order valence-electron chi connectivity index (χ4n) is 2.13. The lowest BCUT2D eigenvalue weighted by Crippen LogP contribution is -2.20. The molecule has 2 aromatic rings. The molecule has 2 rings (SSSR count). The van der Waals surface area contributed by atoms with Gasteiger partial charge in [-0.05, 0) is 31.5 Å². The van der Waals surface area contributed by atoms with Crippen LogP contribution in [-0.2, 0) is 0 Å². The van der Waals surface area contributed by atoms with Crippen LogP contribution in [0.15, 0.2) is 42.5 Å². The number of nitrogens with two attached hydrogens (primary N) is 1. The Morgan fingerprint density at radius 2 is 1.80 bits per heavy atom. The molecule has 0 aliphatic rings. The molecule has 2 N–H and O–H groups in total. The van der Waals surface area contributed by atoms with E-state index in [0.717, 1.165) is 28.2 Å². The standard InChI is InChI=1S/C17H21NO2/c1-12-8-9-17(19-3)14(10-12)15(18)11-20-16-7-5-4-6-13(16)2/h4-10,15H,11,18H2,1-3H3. The molecule has 0 fully saturated rings. The van der Waals surface area contributed by atoms with E-state index in [4.69, 9.17) is 15.2 Å². The Morgan fingerprint density at radius 1 is 1.05 bits per heavy atom. The van der Waals surface area contributed by atoms with E-state index < -0.39 is 0 Å². The summed E-state index contributed by atoms with van der Waals surface area (Å²) in [7, 11) is 1.66. The van der Waals surface area contributed by atoms with E-state index in [0.29, 0.717) is 6.61 Å². The normalized spacial score (nSPS) is 12.0. The van der Waals surface area contributed by atoms with E-state index in [-0.39, 0.29) is 6.04 Å². The second-order valence-electron chi connectivity index (χ2n) is 4.93. The Morgan fingerprint density at radius 3 is 2.50 bits per heavy atom. The number of hydrogen-bond donors (Lipinski definition) is 1. The zero-order chi connectivity index (χ0) is 14.5. The monoisotopic (exact) mass is 271 g/mol. The topological polar surface area (TPSA) is 44.5 Å². The maximum absolute atomic E-state index is 6.23. The van der Waals surface area contributed by atoms with E-state index in [1.54, 1.807) is 7.11 Å². The number of para-hydroxylation sites is 1. The summed E-state index contributed by atoms with van der Waals surface area (Å²) in [4.78, 5) is 0. The van der Waals surface area contributed by atoms with Crippen LogP contribution in [0.3, 0.4) is 0 Å². The number of benzene rings is 2. The summed E-state index contributed by atoms with van der Waals surface area (Å²) in [6.07, 6.45) is 0. The molecule has 0 spiro atoms. The van der Waals surface area contributed by atoms with Crippen molar-refractivity contribution in [2.45, 2.75) is 19.9 Å². The van der Waals surface area contributed by atoms with Gasteiger partial charge < -0.3 is 15.2 Å². The van der Waals surface area contributed by atoms with Crippen molar-refractivity contribution in [2.75, 3.05) is 13.7 Å². The highest BCUT2D eigenvalue weighted by Crippen LogP contribution is 2.26. The van der Waals surface area contributed by atoms with Gasteiger partial charge in [-0.25, -0.2) is 0 Å². The zero-order valence-corrected chi connectivity index (χ0v) is 12.2. The Kier molecular flexibility index (Phi) is 4.64. The molecule has 2 aromatic carbocycles. The third-order valence-electron chi connectivity index (χ3n) is 3.30. The number of hydrogen-bond acceptors (Lipinski definition) is 3. The van der Waals surface area contributed by atoms with Crippen LogP contribution in [0.25, 0.3) is 0 Å². The minimum atomic E-state index is -0.218. The van der Waals surface area contributed by atoms with Crippen LogP contribution in [0.2, 0.25) is 0 Å². The maximum atomic E-state index is 6.23. The largest absolute Gasteiger partial charge is 0.496 e. The van der Waals surface area contributed by atoms with Crippen molar-refractivity contribution in [2.24, 2.45) is 5.73 Å². The lowest BCUT2D eigenvalue weighted by atomic mass is 10.0. The van der Waals surface area contributed by atoms with Crippen molar-refractivity contribution in [1.82, 2.24) is 0 Å². The van der Waals surface area contributed by atoms with Crippen LogP contribution in [0.5, 0.6) is 11.5 Å². The quantitative estimate of drug-likeness (QED) is 0.906. The lowest BCUT2D eigenvalue weighted by Gasteiger charge is -2.18. The van der Waals surface area contributed by atoms with Gasteiger partial charge >= 0.3 is 0 Å². The second-order valence-corrected chi connectivity index (χ2v) is 4.93. The van der Waals surface area contributed by atoms with E-state index in [2.05, 4.69) is 0 Å². The third kappa shape index (κ3) is 3.31. The third-order valence-corrected chi connectivity index (χ3v) is 3.30. The molecular weight excluding hydrogens is 250 g/mol. The van der Waals surface area contributed by atoms with E-state index in [9.17, 15) is 0 Å². The molecule has 0 aliphatic heterocycles. The van der Waals surface area contributed by atoms with Crippen LogP contribution in [-0.4, -0.2) is 13.7 Å². The van der Waals surface area contributed by atoms with Crippen molar-refractivity contribution in [1.29, 1.82) is 0 Å². The summed E-state index contributed by atoms with van der Waals surface area (Å²) in [5, 5.41) is 0. The average molecular weight is 271 g/mol. The highest BCUT2D eigenvalue weighted by Gasteiger charge is 2.13. The molecule has 0 aromatic heterocycles. The van der Waals surface area contributed by atoms with Gasteiger partial charge in [0.1, 0.15) is 18.1 Å². The summed E-state index contributed by atoms with van der Waals surface area (Å²) >= 11 is 0. The average Bonchev–Trinajstić information content (AvgIpc) is 2.46. The molecule has 0 saturated carbocycles. The molecule has 3 nitrogen and oxygen atoms in total. The van der Waals surface area contributed by atoms with Gasteiger partial charge in [-0.2, -0.15) is 0 Å². The first-order valence-corrected chi connectivity index (χ1v) is 6.70. The SMILES string of the molecule is COc1ccc(C)cc1C(N)COc1ccccc1C. The Hall–Kier alpha value is -2.00. The predicted molar refractivity (Wildman–Crippen MR) is 81.3 cm³/mol. The Bertz CT molecular complexity index is 581. The highest BCUT2D eigenvalue weighted by atomic mass is 16.5. The number of rotatable bonds is 5. The first kappa shape index (κ1) is 14.4. The van der Waals surface area contributed by atoms with Crippen LogP contribution in [0, 0.1) is 13.8 Å². The van der Waals surface area contributed by atoms with Crippen molar-refractivity contribution >= 4 is 0 Å². The van der Waals surface area contributed by atoms with Gasteiger partial charge in [-0.3, -0.25) is 0 Å². The predicted octanol–water partition coefficient (Wildman–Crippen LogP) is 3.39. The Labute approximate surface area is 120 Å². The summed E-state index contributed by atoms with van der Waals surface area (Å²) in [6.45, 7) is 4.48. The minimum absolute atomic E-state index is 0.218. The molecule has 106 valence electrons. The number of ether oxygens (including phenoxy) is 2. The van der Waals surface area contributed by atoms with Crippen LogP contribution < -0.4 is 15.2 Å². The fourth-order valence-corrected chi connectivity index (χ4v) is 2.13. The van der Waals surface area contributed by atoms with Gasteiger partial charge in [-0.15, -0.1) is 0 Å². The molecule has 0 bridgehead atoms. The second kappa shape index (κ2) is 6.44. The first-order chi connectivity index (χ1) is 9.61. The van der Waals surface area contributed by atoms with Crippen molar-refractivity contribution in [3.63, 3.8) is 0 Å². The van der Waals surface area contributed by atoms with Gasteiger partial charge in [0.05, 0.1) is 13.2 Å². The van der Waals surface area contributed by atoms with E-state index in [1.165, 1.54) is 0 Å². The molecule has 20 heavy (non-hydrogen) atoms. The van der Waals surface area contributed by atoms with Crippen molar-refractivity contribution < 1.29 is 9.47 Å². The molecule has 0 heterocycles. The molecule has 3 heteroatoms. The van der Waals surface area contributed by atoms with Gasteiger partial charge in [0.25, 0.3) is 0 Å². The number of aryl methyl sites for hydroxylation is 2. The van der Waals surface area contributed by atoms with E-state index in [1.807, 2.05) is 56.3 Å². The van der Waals surface area contributed by atoms with Crippen molar-refractivity contribution in [3.8, 4) is 11.5 Å². The van der Waals surface area contributed by atoms with Crippen LogP contribution in [0.1, 0.15) is 22.7 Å². The van der Waals surface area contributed by atoms with Gasteiger partial charge in [0, 0.05) is 5.56 Å². The zero-order valence-electron chi connectivity index (χ0n) is 12.2. The molecule has 0 aliphatic carbocycles. The summed E-state index contributed by atoms with van der Waals surface area (Å²) in [5.74, 6) is 1.67. The molecule has 0 saturated heterocycles. The molecule has 1 atom stereocenters. The maximum Gasteiger partial charge on any atom is 0.123 e. The van der Waals surface area contributed by atoms with E-state index >= 15 is 0 Å². The summed E-state index contributed by atoms with van der Waals surface area (Å²) < 4.78 is 11.2. The van der Waals surface area contributed by atoms with Crippen molar-refractivity contribution in [3.05, 3.63) is 59.2 Å².